The van der Waals surface area contributed by atoms with Gasteiger partial charge in [0, 0.05) is 45.3 Å². The lowest BCUT2D eigenvalue weighted by molar-refractivity contribution is 0.0605. The van der Waals surface area contributed by atoms with Crippen LogP contribution in [0.2, 0.25) is 0 Å². The minimum atomic E-state index is 0.00872. The third-order valence-corrected chi connectivity index (χ3v) is 6.61. The van der Waals surface area contributed by atoms with Gasteiger partial charge in [-0.3, -0.25) is 9.36 Å². The lowest BCUT2D eigenvalue weighted by Gasteiger charge is -2.24. The number of aryl methyl sites for hydroxylation is 1. The van der Waals surface area contributed by atoms with E-state index in [1.807, 2.05) is 9.08 Å². The van der Waals surface area contributed by atoms with Crippen molar-refractivity contribution >= 4 is 5.52 Å². The SMILES string of the molecule is Cc1ccc(Cc2nn3c(C4CCOCC4)ncc3c(=O)n2CC2CCOCC2)cc1. The molecule has 0 radical (unpaired) electrons. The summed E-state index contributed by atoms with van der Waals surface area (Å²) in [4.78, 5) is 18.2. The molecule has 0 atom stereocenters. The minimum Gasteiger partial charge on any atom is -0.381 e. The molecule has 2 aliphatic heterocycles. The van der Waals surface area contributed by atoms with E-state index in [9.17, 15) is 4.79 Å². The molecule has 31 heavy (non-hydrogen) atoms. The quantitative estimate of drug-likeness (QED) is 0.632. The van der Waals surface area contributed by atoms with Crippen LogP contribution in [0.4, 0.5) is 0 Å². The zero-order valence-corrected chi connectivity index (χ0v) is 18.1. The van der Waals surface area contributed by atoms with Crippen molar-refractivity contribution in [3.8, 4) is 0 Å². The van der Waals surface area contributed by atoms with Gasteiger partial charge in [-0.15, -0.1) is 0 Å². The maximum atomic E-state index is 13.6. The van der Waals surface area contributed by atoms with E-state index in [1.54, 1.807) is 6.20 Å². The van der Waals surface area contributed by atoms with Crippen LogP contribution in [-0.2, 0) is 22.4 Å². The predicted octanol–water partition coefficient (Wildman–Crippen LogP) is 3.11. The fourth-order valence-corrected chi connectivity index (χ4v) is 4.66. The van der Waals surface area contributed by atoms with Crippen LogP contribution < -0.4 is 5.56 Å². The summed E-state index contributed by atoms with van der Waals surface area (Å²) in [6, 6.07) is 8.47. The van der Waals surface area contributed by atoms with Crippen molar-refractivity contribution in [2.24, 2.45) is 5.92 Å². The Bertz CT molecular complexity index is 1090. The number of rotatable bonds is 5. The highest BCUT2D eigenvalue weighted by molar-refractivity contribution is 5.43. The normalized spacial score (nSPS) is 18.6. The summed E-state index contributed by atoms with van der Waals surface area (Å²) in [6.45, 7) is 5.77. The number of hydrogen-bond acceptors (Lipinski definition) is 5. The van der Waals surface area contributed by atoms with Gasteiger partial charge in [0.15, 0.2) is 5.52 Å². The Morgan fingerprint density at radius 3 is 2.39 bits per heavy atom. The number of benzene rings is 1. The van der Waals surface area contributed by atoms with Crippen molar-refractivity contribution in [1.82, 2.24) is 19.2 Å². The summed E-state index contributed by atoms with van der Waals surface area (Å²) in [5.41, 5.74) is 2.96. The average molecular weight is 423 g/mol. The predicted molar refractivity (Wildman–Crippen MR) is 118 cm³/mol. The molecule has 2 fully saturated rings. The first-order valence-corrected chi connectivity index (χ1v) is 11.4. The summed E-state index contributed by atoms with van der Waals surface area (Å²) < 4.78 is 14.7. The van der Waals surface area contributed by atoms with Gasteiger partial charge in [0.2, 0.25) is 0 Å². The molecular formula is C24H30N4O3. The topological polar surface area (TPSA) is 70.7 Å². The first-order valence-electron chi connectivity index (χ1n) is 11.4. The van der Waals surface area contributed by atoms with Crippen molar-refractivity contribution in [2.45, 2.75) is 51.5 Å². The zero-order chi connectivity index (χ0) is 21.2. The summed E-state index contributed by atoms with van der Waals surface area (Å²) in [6.07, 6.45) is 6.12. The highest BCUT2D eigenvalue weighted by atomic mass is 16.5. The molecule has 0 saturated carbocycles. The Morgan fingerprint density at radius 2 is 1.68 bits per heavy atom. The number of imidazole rings is 1. The summed E-state index contributed by atoms with van der Waals surface area (Å²) in [7, 11) is 0. The second-order valence-corrected chi connectivity index (χ2v) is 8.85. The minimum absolute atomic E-state index is 0.00872. The molecule has 0 bridgehead atoms. The van der Waals surface area contributed by atoms with Crippen LogP contribution in [0.5, 0.6) is 0 Å². The van der Waals surface area contributed by atoms with Crippen LogP contribution in [0.3, 0.4) is 0 Å². The van der Waals surface area contributed by atoms with Crippen molar-refractivity contribution in [1.29, 1.82) is 0 Å². The Hall–Kier alpha value is -2.51. The van der Waals surface area contributed by atoms with E-state index in [0.717, 1.165) is 69.3 Å². The van der Waals surface area contributed by atoms with Crippen LogP contribution >= 0.6 is 0 Å². The van der Waals surface area contributed by atoms with E-state index >= 15 is 0 Å². The fraction of sp³-hybridized carbons (Fsp3) is 0.542. The summed E-state index contributed by atoms with van der Waals surface area (Å²) in [5.74, 6) is 2.41. The van der Waals surface area contributed by atoms with Gasteiger partial charge in [0.25, 0.3) is 5.56 Å². The number of ether oxygens (including phenoxy) is 2. The zero-order valence-electron chi connectivity index (χ0n) is 18.1. The molecule has 0 unspecified atom stereocenters. The Kier molecular flexibility index (Phi) is 5.87. The number of aromatic nitrogens is 4. The van der Waals surface area contributed by atoms with Crippen LogP contribution in [0, 0.1) is 12.8 Å². The lowest BCUT2D eigenvalue weighted by atomic mass is 9.99. The van der Waals surface area contributed by atoms with Crippen molar-refractivity contribution in [2.75, 3.05) is 26.4 Å². The Morgan fingerprint density at radius 1 is 1.00 bits per heavy atom. The molecule has 3 aromatic rings. The smallest absolute Gasteiger partial charge is 0.279 e. The molecule has 2 saturated heterocycles. The molecule has 2 aromatic heterocycles. The average Bonchev–Trinajstić information content (AvgIpc) is 3.23. The molecule has 7 nitrogen and oxygen atoms in total. The fourth-order valence-electron chi connectivity index (χ4n) is 4.66. The van der Waals surface area contributed by atoms with Gasteiger partial charge in [-0.25, -0.2) is 9.50 Å². The molecule has 7 heteroatoms. The molecular weight excluding hydrogens is 392 g/mol. The van der Waals surface area contributed by atoms with Gasteiger partial charge >= 0.3 is 0 Å². The van der Waals surface area contributed by atoms with E-state index in [1.165, 1.54) is 5.56 Å². The third-order valence-electron chi connectivity index (χ3n) is 6.61. The van der Waals surface area contributed by atoms with Crippen molar-refractivity contribution in [3.05, 3.63) is 63.6 Å². The molecule has 1 aromatic carbocycles. The Labute approximate surface area is 182 Å². The van der Waals surface area contributed by atoms with E-state index in [4.69, 9.17) is 14.6 Å². The van der Waals surface area contributed by atoms with Crippen molar-refractivity contribution in [3.63, 3.8) is 0 Å². The van der Waals surface area contributed by atoms with E-state index in [2.05, 4.69) is 36.2 Å². The number of fused-ring (bicyclic) bond motifs is 1. The molecule has 0 amide bonds. The molecule has 0 aliphatic carbocycles. The van der Waals surface area contributed by atoms with Gasteiger partial charge < -0.3 is 9.47 Å². The van der Waals surface area contributed by atoms with E-state index < -0.39 is 0 Å². The highest BCUT2D eigenvalue weighted by Crippen LogP contribution is 2.26. The first kappa shape index (κ1) is 20.4. The first-order chi connectivity index (χ1) is 15.2. The van der Waals surface area contributed by atoms with Crippen LogP contribution in [0.15, 0.2) is 35.3 Å². The maximum absolute atomic E-state index is 13.6. The standard InChI is InChI=1S/C24H30N4O3/c1-17-2-4-18(5-3-17)14-22-26-28-21(15-25-23(28)20-8-12-31-13-9-20)24(29)27(22)16-19-6-10-30-11-7-19/h2-5,15,19-20H,6-14,16H2,1H3. The molecule has 5 rings (SSSR count). The highest BCUT2D eigenvalue weighted by Gasteiger charge is 2.24. The van der Waals surface area contributed by atoms with Gasteiger partial charge in [-0.1, -0.05) is 29.8 Å². The second kappa shape index (κ2) is 8.93. The third kappa shape index (κ3) is 4.29. The van der Waals surface area contributed by atoms with Gasteiger partial charge in [-0.2, -0.15) is 5.10 Å². The lowest BCUT2D eigenvalue weighted by Crippen LogP contribution is -2.32. The molecule has 2 aliphatic rings. The molecule has 0 N–H and O–H groups in total. The summed E-state index contributed by atoms with van der Waals surface area (Å²) in [5, 5.41) is 5.00. The van der Waals surface area contributed by atoms with Crippen LogP contribution in [0.25, 0.3) is 5.52 Å². The summed E-state index contributed by atoms with van der Waals surface area (Å²) >= 11 is 0. The van der Waals surface area contributed by atoms with Crippen LogP contribution in [-0.4, -0.2) is 45.6 Å². The second-order valence-electron chi connectivity index (χ2n) is 8.85. The van der Waals surface area contributed by atoms with Gasteiger partial charge in [0.1, 0.15) is 11.6 Å². The molecule has 164 valence electrons. The molecule has 0 spiro atoms. The monoisotopic (exact) mass is 422 g/mol. The maximum Gasteiger partial charge on any atom is 0.279 e. The van der Waals surface area contributed by atoms with E-state index in [0.29, 0.717) is 24.4 Å². The van der Waals surface area contributed by atoms with Crippen LogP contribution in [0.1, 0.15) is 54.4 Å². The van der Waals surface area contributed by atoms with Gasteiger partial charge in [0.05, 0.1) is 6.20 Å². The largest absolute Gasteiger partial charge is 0.381 e. The molecule has 4 heterocycles. The van der Waals surface area contributed by atoms with Crippen molar-refractivity contribution < 1.29 is 9.47 Å². The number of hydrogen-bond donors (Lipinski definition) is 0. The Balaban J connectivity index is 1.57. The van der Waals surface area contributed by atoms with Gasteiger partial charge in [-0.05, 0) is 44.1 Å². The number of nitrogens with zero attached hydrogens (tertiary/aromatic N) is 4. The van der Waals surface area contributed by atoms with E-state index in [-0.39, 0.29) is 11.5 Å².